The first kappa shape index (κ1) is 21.0. The van der Waals surface area contributed by atoms with Crippen LogP contribution in [0.15, 0.2) is 41.1 Å². The molecule has 0 saturated carbocycles. The lowest BCUT2D eigenvalue weighted by molar-refractivity contribution is 0.00844. The molecule has 0 bridgehead atoms. The van der Waals surface area contributed by atoms with Gasteiger partial charge in [-0.15, -0.1) is 0 Å². The van der Waals surface area contributed by atoms with E-state index < -0.39 is 0 Å². The third-order valence-electron chi connectivity index (χ3n) is 5.25. The Morgan fingerprint density at radius 1 is 1.26 bits per heavy atom. The molecule has 8 heteroatoms. The van der Waals surface area contributed by atoms with E-state index in [0.717, 1.165) is 41.5 Å². The summed E-state index contributed by atoms with van der Waals surface area (Å²) in [5.74, 6) is 2.03. The largest absolute Gasteiger partial charge is 0.486 e. The summed E-state index contributed by atoms with van der Waals surface area (Å²) < 4.78 is 16.1. The second-order valence-corrected chi connectivity index (χ2v) is 8.04. The van der Waals surface area contributed by atoms with Crippen LogP contribution >= 0.6 is 0 Å². The van der Waals surface area contributed by atoms with E-state index in [0.29, 0.717) is 18.0 Å². The predicted octanol–water partition coefficient (Wildman–Crippen LogP) is 3.61. The van der Waals surface area contributed by atoms with Gasteiger partial charge in [0.05, 0.1) is 31.1 Å². The molecule has 0 amide bonds. The van der Waals surface area contributed by atoms with Gasteiger partial charge in [-0.2, -0.15) is 4.98 Å². The Morgan fingerprint density at radius 3 is 2.68 bits per heavy atom. The number of likely N-dealkylation sites (tertiary alicyclic amines) is 1. The molecule has 0 atom stereocenters. The summed E-state index contributed by atoms with van der Waals surface area (Å²) in [6.45, 7) is 8.20. The number of methoxy groups -OCH3 is 1. The van der Waals surface area contributed by atoms with Gasteiger partial charge in [-0.1, -0.05) is 25.1 Å². The molecular formula is C23H26N4O4. The Hall–Kier alpha value is -3.26. The summed E-state index contributed by atoms with van der Waals surface area (Å²) >= 11 is 0. The number of hydrogen-bond donors (Lipinski definition) is 0. The van der Waals surface area contributed by atoms with Crippen molar-refractivity contribution >= 4 is 5.97 Å². The minimum atomic E-state index is -0.338. The molecule has 1 aromatic carbocycles. The fourth-order valence-corrected chi connectivity index (χ4v) is 3.46. The van der Waals surface area contributed by atoms with Crippen LogP contribution in [0.5, 0.6) is 5.75 Å². The minimum Gasteiger partial charge on any atom is -0.486 e. The van der Waals surface area contributed by atoms with Crippen molar-refractivity contribution in [2.75, 3.05) is 20.2 Å². The van der Waals surface area contributed by atoms with Crippen LogP contribution in [0.25, 0.3) is 11.3 Å². The average Bonchev–Trinajstić information content (AvgIpc) is 3.21. The smallest absolute Gasteiger partial charge is 0.338 e. The Morgan fingerprint density at radius 2 is 2.06 bits per heavy atom. The van der Waals surface area contributed by atoms with Crippen LogP contribution in [0.1, 0.15) is 47.4 Å². The molecule has 31 heavy (non-hydrogen) atoms. The number of hydrogen-bond acceptors (Lipinski definition) is 8. The van der Waals surface area contributed by atoms with Crippen molar-refractivity contribution in [2.24, 2.45) is 0 Å². The van der Waals surface area contributed by atoms with Crippen molar-refractivity contribution in [2.45, 2.75) is 39.3 Å². The number of rotatable bonds is 7. The molecule has 4 rings (SSSR count). The van der Waals surface area contributed by atoms with Gasteiger partial charge in [-0.25, -0.2) is 4.79 Å². The molecule has 8 nitrogen and oxygen atoms in total. The number of benzene rings is 1. The Kier molecular flexibility index (Phi) is 5.99. The van der Waals surface area contributed by atoms with Crippen LogP contribution in [-0.2, 0) is 11.3 Å². The van der Waals surface area contributed by atoms with E-state index in [9.17, 15) is 4.79 Å². The Labute approximate surface area is 181 Å². The molecule has 1 aliphatic rings. The zero-order valence-corrected chi connectivity index (χ0v) is 18.2. The average molecular weight is 422 g/mol. The van der Waals surface area contributed by atoms with Crippen LogP contribution < -0.4 is 4.74 Å². The van der Waals surface area contributed by atoms with Gasteiger partial charge in [-0.05, 0) is 36.8 Å². The van der Waals surface area contributed by atoms with Gasteiger partial charge in [-0.3, -0.25) is 9.88 Å². The maximum atomic E-state index is 11.7. The first-order chi connectivity index (χ1) is 14.9. The van der Waals surface area contributed by atoms with E-state index in [-0.39, 0.29) is 18.0 Å². The zero-order valence-electron chi connectivity index (χ0n) is 18.2. The highest BCUT2D eigenvalue weighted by molar-refractivity contribution is 5.91. The summed E-state index contributed by atoms with van der Waals surface area (Å²) in [5, 5.41) is 4.00. The quantitative estimate of drug-likeness (QED) is 0.533. The maximum Gasteiger partial charge on any atom is 0.338 e. The van der Waals surface area contributed by atoms with Crippen molar-refractivity contribution in [3.8, 4) is 17.0 Å². The van der Waals surface area contributed by atoms with Crippen LogP contribution in [0.4, 0.5) is 0 Å². The van der Waals surface area contributed by atoms with Crippen molar-refractivity contribution in [3.63, 3.8) is 0 Å². The fourth-order valence-electron chi connectivity index (χ4n) is 3.46. The van der Waals surface area contributed by atoms with Crippen molar-refractivity contribution in [1.29, 1.82) is 0 Å². The normalized spacial score (nSPS) is 14.5. The predicted molar refractivity (Wildman–Crippen MR) is 114 cm³/mol. The number of carbonyl (C=O) groups is 1. The molecule has 1 fully saturated rings. The second-order valence-electron chi connectivity index (χ2n) is 8.04. The number of carbonyl (C=O) groups excluding carboxylic acids is 1. The van der Waals surface area contributed by atoms with E-state index in [1.807, 2.05) is 45.0 Å². The van der Waals surface area contributed by atoms with Crippen molar-refractivity contribution < 1.29 is 18.8 Å². The van der Waals surface area contributed by atoms with Gasteiger partial charge >= 0.3 is 5.97 Å². The summed E-state index contributed by atoms with van der Waals surface area (Å²) in [5.41, 5.74) is 3.16. The molecule has 0 spiro atoms. The molecule has 0 unspecified atom stereocenters. The maximum absolute atomic E-state index is 11.7. The molecule has 3 heterocycles. The first-order valence-corrected chi connectivity index (χ1v) is 10.3. The highest BCUT2D eigenvalue weighted by atomic mass is 16.5. The van der Waals surface area contributed by atoms with Gasteiger partial charge in [0.15, 0.2) is 5.82 Å². The highest BCUT2D eigenvalue weighted by Crippen LogP contribution is 2.24. The first-order valence-electron chi connectivity index (χ1n) is 10.3. The molecule has 1 aliphatic heterocycles. The van der Waals surface area contributed by atoms with Crippen molar-refractivity contribution in [3.05, 3.63) is 59.4 Å². The van der Waals surface area contributed by atoms with Crippen LogP contribution in [0, 0.1) is 6.92 Å². The fraction of sp³-hybridized carbons (Fsp3) is 0.391. The second kappa shape index (κ2) is 8.85. The molecule has 1 saturated heterocycles. The molecule has 3 aromatic rings. The molecule has 0 radical (unpaired) electrons. The van der Waals surface area contributed by atoms with Crippen molar-refractivity contribution in [1.82, 2.24) is 20.0 Å². The lowest BCUT2D eigenvalue weighted by Crippen LogP contribution is -2.53. The van der Waals surface area contributed by atoms with Gasteiger partial charge in [0.25, 0.3) is 0 Å². The van der Waals surface area contributed by atoms with E-state index in [4.69, 9.17) is 14.0 Å². The number of aryl methyl sites for hydroxylation is 1. The minimum absolute atomic E-state index is 0.113. The summed E-state index contributed by atoms with van der Waals surface area (Å²) in [6.07, 6.45) is 1.84. The summed E-state index contributed by atoms with van der Waals surface area (Å²) in [7, 11) is 1.38. The van der Waals surface area contributed by atoms with Crippen LogP contribution in [0.2, 0.25) is 0 Å². The van der Waals surface area contributed by atoms with Gasteiger partial charge in [0.1, 0.15) is 11.9 Å². The lowest BCUT2D eigenvalue weighted by atomic mass is 10.0. The summed E-state index contributed by atoms with van der Waals surface area (Å²) in [6, 6.07) is 9.40. The Bertz CT molecular complexity index is 1060. The van der Waals surface area contributed by atoms with Gasteiger partial charge in [0, 0.05) is 24.6 Å². The van der Waals surface area contributed by atoms with E-state index in [1.54, 1.807) is 12.3 Å². The summed E-state index contributed by atoms with van der Waals surface area (Å²) in [4.78, 5) is 22.9. The lowest BCUT2D eigenvalue weighted by Gasteiger charge is -2.37. The number of pyridine rings is 1. The van der Waals surface area contributed by atoms with Crippen LogP contribution in [0.3, 0.4) is 0 Å². The molecular weight excluding hydrogens is 396 g/mol. The highest BCUT2D eigenvalue weighted by Gasteiger charge is 2.30. The monoisotopic (exact) mass is 422 g/mol. The molecule has 162 valence electrons. The van der Waals surface area contributed by atoms with E-state index >= 15 is 0 Å². The third kappa shape index (κ3) is 4.74. The SMILES string of the molecule is COC(=O)c1ccc(-c2ccc(OC3CN(Cc4nc(C(C)C)no4)C3)cn2)cc1C. The van der Waals surface area contributed by atoms with E-state index in [1.165, 1.54) is 7.11 Å². The number of esters is 1. The zero-order chi connectivity index (χ0) is 22.0. The Balaban J connectivity index is 1.30. The van der Waals surface area contributed by atoms with Gasteiger partial charge < -0.3 is 14.0 Å². The number of ether oxygens (including phenoxy) is 2. The topological polar surface area (TPSA) is 90.6 Å². The molecule has 0 aliphatic carbocycles. The third-order valence-corrected chi connectivity index (χ3v) is 5.25. The molecule has 0 N–H and O–H groups in total. The number of nitrogens with zero attached hydrogens (tertiary/aromatic N) is 4. The number of aromatic nitrogens is 3. The van der Waals surface area contributed by atoms with E-state index in [2.05, 4.69) is 20.0 Å². The van der Waals surface area contributed by atoms with Gasteiger partial charge in [0.2, 0.25) is 5.89 Å². The molecule has 2 aromatic heterocycles. The standard InChI is InChI=1S/C23H26N4O4/c1-14(2)22-25-21(31-26-22)13-27-11-18(12-27)30-17-6-8-20(24-10-17)16-5-7-19(15(3)9-16)23(28)29-4/h5-10,14,18H,11-13H2,1-4H3. The van der Waals surface area contributed by atoms with Crippen LogP contribution in [-0.4, -0.2) is 52.3 Å².